The average Bonchev–Trinajstić information content (AvgIpc) is 2.73. The molecule has 1 aliphatic heterocycles. The van der Waals surface area contributed by atoms with Gasteiger partial charge in [-0.15, -0.1) is 0 Å². The molecule has 5 amide bonds. The second kappa shape index (κ2) is 7.25. The van der Waals surface area contributed by atoms with Crippen LogP contribution in [-0.4, -0.2) is 64.8 Å². The summed E-state index contributed by atoms with van der Waals surface area (Å²) in [6.07, 6.45) is 3.40. The molecule has 2 fully saturated rings. The van der Waals surface area contributed by atoms with E-state index in [9.17, 15) is 19.2 Å². The molecule has 1 aliphatic carbocycles. The van der Waals surface area contributed by atoms with Crippen LogP contribution in [0.5, 0.6) is 0 Å². The van der Waals surface area contributed by atoms with Crippen LogP contribution in [0.3, 0.4) is 0 Å². The van der Waals surface area contributed by atoms with Gasteiger partial charge in [0.05, 0.1) is 6.54 Å². The Hall–Kier alpha value is -2.12. The largest absolute Gasteiger partial charge is 0.350 e. The molecule has 1 saturated heterocycles. The predicted octanol–water partition coefficient (Wildman–Crippen LogP) is 0.860. The van der Waals surface area contributed by atoms with Gasteiger partial charge in [-0.1, -0.05) is 19.8 Å². The molecule has 0 radical (unpaired) electrons. The summed E-state index contributed by atoms with van der Waals surface area (Å²) in [6, 6.07) is -0.523. The number of hydrogen-bond donors (Lipinski definition) is 2. The number of urea groups is 1. The van der Waals surface area contributed by atoms with Gasteiger partial charge in [-0.25, -0.2) is 4.79 Å². The number of nitrogens with zero attached hydrogens (tertiary/aromatic N) is 2. The molecule has 26 heavy (non-hydrogen) atoms. The van der Waals surface area contributed by atoms with Gasteiger partial charge in [-0.05, 0) is 39.5 Å². The van der Waals surface area contributed by atoms with Crippen LogP contribution < -0.4 is 10.6 Å². The molecule has 8 nitrogen and oxygen atoms in total. The molecular weight excluding hydrogens is 336 g/mol. The molecule has 2 N–H and O–H groups in total. The van der Waals surface area contributed by atoms with Crippen molar-refractivity contribution in [1.29, 1.82) is 0 Å². The first-order chi connectivity index (χ1) is 12.0. The maximum absolute atomic E-state index is 12.9. The second-order valence-corrected chi connectivity index (χ2v) is 8.49. The van der Waals surface area contributed by atoms with Crippen LogP contribution >= 0.6 is 0 Å². The molecule has 8 heteroatoms. The molecule has 2 aliphatic rings. The summed E-state index contributed by atoms with van der Waals surface area (Å²) in [5, 5.41) is 5.60. The highest BCUT2D eigenvalue weighted by molar-refractivity contribution is 6.09. The summed E-state index contributed by atoms with van der Waals surface area (Å²) >= 11 is 0. The first kappa shape index (κ1) is 20.2. The van der Waals surface area contributed by atoms with E-state index < -0.39 is 23.0 Å². The zero-order valence-electron chi connectivity index (χ0n) is 16.3. The fourth-order valence-electron chi connectivity index (χ4n) is 3.66. The van der Waals surface area contributed by atoms with Gasteiger partial charge < -0.3 is 15.5 Å². The second-order valence-electron chi connectivity index (χ2n) is 8.49. The number of carbonyl (C=O) groups is 4. The third-order valence-electron chi connectivity index (χ3n) is 5.12. The summed E-state index contributed by atoms with van der Waals surface area (Å²) in [4.78, 5) is 51.8. The Bertz CT molecular complexity index is 613. The molecule has 0 bridgehead atoms. The van der Waals surface area contributed by atoms with E-state index >= 15 is 0 Å². The number of imide groups is 1. The minimum Gasteiger partial charge on any atom is -0.350 e. The van der Waals surface area contributed by atoms with E-state index in [1.807, 2.05) is 27.7 Å². The van der Waals surface area contributed by atoms with Crippen molar-refractivity contribution < 1.29 is 19.2 Å². The number of hydrogen-bond acceptors (Lipinski definition) is 4. The summed E-state index contributed by atoms with van der Waals surface area (Å²) in [7, 11) is 1.49. The Kier molecular flexibility index (Phi) is 5.63. The molecule has 1 heterocycles. The topological polar surface area (TPSA) is 98.8 Å². The standard InChI is InChI=1S/C18H30N4O4/c1-12-8-6-7-9-18(12)15(25)22(16(26)20-18)11-14(24)21(5)10-13(23)19-17(2,3)4/h12H,6-11H2,1-5H3,(H,19,23)(H,20,26)/t12-,18+/m1/s1. The van der Waals surface area contributed by atoms with Crippen molar-refractivity contribution in [3.05, 3.63) is 0 Å². The maximum Gasteiger partial charge on any atom is 0.325 e. The first-order valence-corrected chi connectivity index (χ1v) is 9.15. The Labute approximate surface area is 154 Å². The van der Waals surface area contributed by atoms with E-state index in [2.05, 4.69) is 10.6 Å². The third kappa shape index (κ3) is 4.16. The molecule has 1 spiro atoms. The average molecular weight is 366 g/mol. The summed E-state index contributed by atoms with van der Waals surface area (Å²) in [5.74, 6) is -1.01. The Morgan fingerprint density at radius 1 is 1.31 bits per heavy atom. The van der Waals surface area contributed by atoms with Crippen molar-refractivity contribution in [1.82, 2.24) is 20.4 Å². The lowest BCUT2D eigenvalue weighted by Gasteiger charge is -2.36. The molecule has 1 saturated carbocycles. The van der Waals surface area contributed by atoms with Crippen molar-refractivity contribution in [2.24, 2.45) is 5.92 Å². The van der Waals surface area contributed by atoms with Crippen LogP contribution in [0.4, 0.5) is 4.79 Å². The van der Waals surface area contributed by atoms with E-state index in [0.717, 1.165) is 24.2 Å². The SMILES string of the molecule is C[C@@H]1CCCC[C@]12NC(=O)N(CC(=O)N(C)CC(=O)NC(C)(C)C)C2=O. The fraction of sp³-hybridized carbons (Fsp3) is 0.778. The zero-order valence-corrected chi connectivity index (χ0v) is 16.3. The predicted molar refractivity (Wildman–Crippen MR) is 96.1 cm³/mol. The molecular formula is C18H30N4O4. The van der Waals surface area contributed by atoms with Gasteiger partial charge in [0, 0.05) is 12.6 Å². The van der Waals surface area contributed by atoms with Crippen LogP contribution in [0.2, 0.25) is 0 Å². The van der Waals surface area contributed by atoms with Gasteiger partial charge >= 0.3 is 6.03 Å². The lowest BCUT2D eigenvalue weighted by atomic mass is 9.73. The van der Waals surface area contributed by atoms with E-state index in [0.29, 0.717) is 6.42 Å². The zero-order chi connectivity index (χ0) is 19.7. The number of likely N-dealkylation sites (N-methyl/N-ethyl adjacent to an activating group) is 1. The Morgan fingerprint density at radius 3 is 2.54 bits per heavy atom. The summed E-state index contributed by atoms with van der Waals surface area (Å²) in [6.45, 7) is 7.05. The number of nitrogens with one attached hydrogen (secondary N) is 2. The van der Waals surface area contributed by atoms with Crippen molar-refractivity contribution in [3.63, 3.8) is 0 Å². The summed E-state index contributed by atoms with van der Waals surface area (Å²) in [5.41, 5.74) is -1.27. The maximum atomic E-state index is 12.9. The molecule has 2 rings (SSSR count). The minimum absolute atomic E-state index is 0.0445. The van der Waals surface area contributed by atoms with Crippen molar-refractivity contribution in [2.75, 3.05) is 20.1 Å². The molecule has 0 unspecified atom stereocenters. The summed E-state index contributed by atoms with van der Waals surface area (Å²) < 4.78 is 0. The van der Waals surface area contributed by atoms with Crippen LogP contribution in [-0.2, 0) is 14.4 Å². The van der Waals surface area contributed by atoms with Crippen LogP contribution in [0.25, 0.3) is 0 Å². The smallest absolute Gasteiger partial charge is 0.325 e. The van der Waals surface area contributed by atoms with Crippen molar-refractivity contribution in [3.8, 4) is 0 Å². The molecule has 146 valence electrons. The monoisotopic (exact) mass is 366 g/mol. The fourth-order valence-corrected chi connectivity index (χ4v) is 3.66. The van der Waals surface area contributed by atoms with Gasteiger partial charge in [0.25, 0.3) is 5.91 Å². The highest BCUT2D eigenvalue weighted by Crippen LogP contribution is 2.38. The number of amides is 5. The van der Waals surface area contributed by atoms with Crippen LogP contribution in [0.15, 0.2) is 0 Å². The van der Waals surface area contributed by atoms with Crippen molar-refractivity contribution in [2.45, 2.75) is 64.5 Å². The Balaban J connectivity index is 1.99. The van der Waals surface area contributed by atoms with Gasteiger partial charge in [0.15, 0.2) is 0 Å². The molecule has 0 aromatic rings. The third-order valence-corrected chi connectivity index (χ3v) is 5.12. The molecule has 0 aromatic heterocycles. The van der Waals surface area contributed by atoms with Crippen LogP contribution in [0.1, 0.15) is 53.4 Å². The molecule has 2 atom stereocenters. The van der Waals surface area contributed by atoms with Gasteiger partial charge in [-0.2, -0.15) is 0 Å². The van der Waals surface area contributed by atoms with E-state index in [1.165, 1.54) is 11.9 Å². The lowest BCUT2D eigenvalue weighted by molar-refractivity contribution is -0.141. The highest BCUT2D eigenvalue weighted by atomic mass is 16.2. The van der Waals surface area contributed by atoms with E-state index in [1.54, 1.807) is 0 Å². The molecule has 0 aromatic carbocycles. The first-order valence-electron chi connectivity index (χ1n) is 9.15. The number of carbonyl (C=O) groups excluding carboxylic acids is 4. The van der Waals surface area contributed by atoms with E-state index in [-0.39, 0.29) is 30.8 Å². The van der Waals surface area contributed by atoms with Gasteiger partial charge in [0.2, 0.25) is 11.8 Å². The quantitative estimate of drug-likeness (QED) is 0.721. The van der Waals surface area contributed by atoms with Gasteiger partial charge in [0.1, 0.15) is 12.1 Å². The normalized spacial score (nSPS) is 26.0. The number of rotatable bonds is 4. The minimum atomic E-state index is -0.877. The van der Waals surface area contributed by atoms with Gasteiger partial charge in [-0.3, -0.25) is 19.3 Å². The lowest BCUT2D eigenvalue weighted by Crippen LogP contribution is -2.54. The van der Waals surface area contributed by atoms with Crippen molar-refractivity contribution >= 4 is 23.8 Å². The Morgan fingerprint density at radius 2 is 1.96 bits per heavy atom. The van der Waals surface area contributed by atoms with Crippen LogP contribution in [0, 0.1) is 5.92 Å². The van der Waals surface area contributed by atoms with E-state index in [4.69, 9.17) is 0 Å². The highest BCUT2D eigenvalue weighted by Gasteiger charge is 2.55.